The van der Waals surface area contributed by atoms with Crippen molar-refractivity contribution in [3.8, 4) is 11.4 Å². The molecule has 20 heavy (non-hydrogen) atoms. The molecule has 1 aromatic carbocycles. The molecule has 1 unspecified atom stereocenters. The molecule has 0 radical (unpaired) electrons. The zero-order valence-corrected chi connectivity index (χ0v) is 11.4. The normalized spacial score (nSPS) is 12.3. The SMILES string of the molecule is CC(CCn1nnnc1-c1ccc(F)cc1Cl)C(=O)O. The maximum absolute atomic E-state index is 13.0. The highest BCUT2D eigenvalue weighted by atomic mass is 35.5. The number of carboxylic acids is 1. The van der Waals surface area contributed by atoms with Crippen molar-refractivity contribution in [2.24, 2.45) is 5.92 Å². The van der Waals surface area contributed by atoms with Crippen LogP contribution in [-0.4, -0.2) is 31.3 Å². The largest absolute Gasteiger partial charge is 0.481 e. The minimum atomic E-state index is -0.876. The Morgan fingerprint density at radius 3 is 2.95 bits per heavy atom. The van der Waals surface area contributed by atoms with Crippen molar-refractivity contribution in [1.82, 2.24) is 20.2 Å². The van der Waals surface area contributed by atoms with Crippen LogP contribution >= 0.6 is 11.6 Å². The number of halogens is 2. The average Bonchev–Trinajstić information content (AvgIpc) is 2.84. The van der Waals surface area contributed by atoms with Crippen molar-refractivity contribution in [1.29, 1.82) is 0 Å². The van der Waals surface area contributed by atoms with Crippen LogP contribution in [0.2, 0.25) is 5.02 Å². The molecule has 0 aliphatic rings. The number of aliphatic carboxylic acids is 1. The van der Waals surface area contributed by atoms with Gasteiger partial charge in [0.1, 0.15) is 5.82 Å². The van der Waals surface area contributed by atoms with Gasteiger partial charge in [0.25, 0.3) is 0 Å². The van der Waals surface area contributed by atoms with Crippen molar-refractivity contribution in [3.05, 3.63) is 29.0 Å². The van der Waals surface area contributed by atoms with Gasteiger partial charge in [0.15, 0.2) is 5.82 Å². The molecule has 0 aliphatic carbocycles. The van der Waals surface area contributed by atoms with Gasteiger partial charge in [-0.3, -0.25) is 4.79 Å². The maximum Gasteiger partial charge on any atom is 0.306 e. The second-order valence-electron chi connectivity index (χ2n) is 4.38. The van der Waals surface area contributed by atoms with Gasteiger partial charge in [0.05, 0.1) is 10.9 Å². The summed E-state index contributed by atoms with van der Waals surface area (Å²) < 4.78 is 14.5. The summed E-state index contributed by atoms with van der Waals surface area (Å²) in [6, 6.07) is 3.93. The number of tetrazole rings is 1. The number of aryl methyl sites for hydroxylation is 1. The van der Waals surface area contributed by atoms with Crippen LogP contribution in [0.5, 0.6) is 0 Å². The summed E-state index contributed by atoms with van der Waals surface area (Å²) in [5.74, 6) is -1.44. The number of hydrogen-bond donors (Lipinski definition) is 1. The van der Waals surface area contributed by atoms with Crippen LogP contribution in [0.1, 0.15) is 13.3 Å². The third-order valence-corrected chi connectivity index (χ3v) is 3.21. The van der Waals surface area contributed by atoms with E-state index in [0.717, 1.165) is 0 Å². The molecule has 6 nitrogen and oxygen atoms in total. The van der Waals surface area contributed by atoms with Gasteiger partial charge in [0, 0.05) is 12.1 Å². The highest BCUT2D eigenvalue weighted by molar-refractivity contribution is 6.33. The van der Waals surface area contributed by atoms with E-state index < -0.39 is 17.7 Å². The maximum atomic E-state index is 13.0. The smallest absolute Gasteiger partial charge is 0.306 e. The predicted molar refractivity (Wildman–Crippen MR) is 69.6 cm³/mol. The Labute approximate surface area is 119 Å². The lowest BCUT2D eigenvalue weighted by molar-refractivity contribution is -0.141. The fourth-order valence-corrected chi connectivity index (χ4v) is 1.91. The minimum absolute atomic E-state index is 0.201. The quantitative estimate of drug-likeness (QED) is 0.915. The lowest BCUT2D eigenvalue weighted by atomic mass is 10.1. The van der Waals surface area contributed by atoms with Crippen LogP contribution in [0.4, 0.5) is 4.39 Å². The summed E-state index contributed by atoms with van der Waals surface area (Å²) in [5, 5.41) is 20.2. The van der Waals surface area contributed by atoms with Crippen LogP contribution in [0.15, 0.2) is 18.2 Å². The van der Waals surface area contributed by atoms with Gasteiger partial charge in [-0.25, -0.2) is 9.07 Å². The Balaban J connectivity index is 2.22. The molecule has 2 aromatic rings. The van der Waals surface area contributed by atoms with Crippen LogP contribution in [-0.2, 0) is 11.3 Å². The summed E-state index contributed by atoms with van der Waals surface area (Å²) >= 11 is 5.96. The molecule has 1 heterocycles. The number of carbonyl (C=O) groups is 1. The molecule has 0 spiro atoms. The first-order chi connectivity index (χ1) is 9.49. The van der Waals surface area contributed by atoms with Gasteiger partial charge in [-0.15, -0.1) is 5.10 Å². The van der Waals surface area contributed by atoms with Crippen molar-refractivity contribution >= 4 is 17.6 Å². The van der Waals surface area contributed by atoms with E-state index in [9.17, 15) is 9.18 Å². The van der Waals surface area contributed by atoms with Gasteiger partial charge in [-0.05, 0) is 35.0 Å². The molecule has 0 fully saturated rings. The molecule has 2 rings (SSSR count). The molecule has 1 aromatic heterocycles. The number of hydrogen-bond acceptors (Lipinski definition) is 4. The molecule has 0 amide bonds. The van der Waals surface area contributed by atoms with Gasteiger partial charge in [-0.2, -0.15) is 0 Å². The molecule has 8 heteroatoms. The van der Waals surface area contributed by atoms with E-state index in [1.165, 1.54) is 22.9 Å². The van der Waals surface area contributed by atoms with Crippen molar-refractivity contribution in [3.63, 3.8) is 0 Å². The van der Waals surface area contributed by atoms with Gasteiger partial charge < -0.3 is 5.11 Å². The number of benzene rings is 1. The second kappa shape index (κ2) is 5.96. The zero-order valence-electron chi connectivity index (χ0n) is 10.6. The number of carboxylic acid groups (broad SMARTS) is 1. The van der Waals surface area contributed by atoms with Gasteiger partial charge >= 0.3 is 5.97 Å². The van der Waals surface area contributed by atoms with E-state index in [2.05, 4.69) is 15.5 Å². The van der Waals surface area contributed by atoms with E-state index in [-0.39, 0.29) is 5.02 Å². The molecule has 0 bridgehead atoms. The minimum Gasteiger partial charge on any atom is -0.481 e. The number of nitrogens with zero attached hydrogens (tertiary/aromatic N) is 4. The molecule has 0 saturated heterocycles. The fourth-order valence-electron chi connectivity index (χ4n) is 1.66. The Morgan fingerprint density at radius 1 is 1.55 bits per heavy atom. The van der Waals surface area contributed by atoms with Crippen molar-refractivity contribution in [2.75, 3.05) is 0 Å². The summed E-state index contributed by atoms with van der Waals surface area (Å²) in [5.41, 5.74) is 0.501. The third kappa shape index (κ3) is 3.11. The molecular formula is C12H12ClFN4O2. The standard InChI is InChI=1S/C12H12ClFN4O2/c1-7(12(19)20)4-5-18-11(15-16-17-18)9-3-2-8(14)6-10(9)13/h2-3,6-7H,4-5H2,1H3,(H,19,20). The second-order valence-corrected chi connectivity index (χ2v) is 4.78. The molecule has 106 valence electrons. The lowest BCUT2D eigenvalue weighted by Gasteiger charge is -2.08. The summed E-state index contributed by atoms with van der Waals surface area (Å²) in [6.45, 7) is 1.95. The van der Waals surface area contributed by atoms with E-state index in [1.54, 1.807) is 6.92 Å². The lowest BCUT2D eigenvalue weighted by Crippen LogP contribution is -2.14. The molecule has 1 N–H and O–H groups in total. The Kier molecular flexibility index (Phi) is 4.29. The molecule has 0 aliphatic heterocycles. The van der Waals surface area contributed by atoms with Crippen LogP contribution in [0.25, 0.3) is 11.4 Å². The molecular weight excluding hydrogens is 287 g/mol. The number of rotatable bonds is 5. The Bertz CT molecular complexity index is 632. The topological polar surface area (TPSA) is 80.9 Å². The monoisotopic (exact) mass is 298 g/mol. The third-order valence-electron chi connectivity index (χ3n) is 2.90. The highest BCUT2D eigenvalue weighted by Crippen LogP contribution is 2.26. The van der Waals surface area contributed by atoms with E-state index in [0.29, 0.717) is 24.4 Å². The van der Waals surface area contributed by atoms with Gasteiger partial charge in [-0.1, -0.05) is 18.5 Å². The first kappa shape index (κ1) is 14.4. The molecule has 1 atom stereocenters. The Hall–Kier alpha value is -2.02. The van der Waals surface area contributed by atoms with E-state index >= 15 is 0 Å². The number of aromatic nitrogens is 4. The zero-order chi connectivity index (χ0) is 14.7. The van der Waals surface area contributed by atoms with Crippen LogP contribution in [0.3, 0.4) is 0 Å². The van der Waals surface area contributed by atoms with Crippen LogP contribution in [0, 0.1) is 11.7 Å². The first-order valence-corrected chi connectivity index (χ1v) is 6.31. The summed E-state index contributed by atoms with van der Waals surface area (Å²) in [4.78, 5) is 10.8. The Morgan fingerprint density at radius 2 is 2.30 bits per heavy atom. The fraction of sp³-hybridized carbons (Fsp3) is 0.333. The molecule has 0 saturated carbocycles. The predicted octanol–water partition coefficient (Wildman–Crippen LogP) is 2.24. The van der Waals surface area contributed by atoms with Gasteiger partial charge in [0.2, 0.25) is 0 Å². The van der Waals surface area contributed by atoms with Crippen molar-refractivity contribution in [2.45, 2.75) is 19.9 Å². The van der Waals surface area contributed by atoms with Crippen LogP contribution < -0.4 is 0 Å². The summed E-state index contributed by atoms with van der Waals surface area (Å²) in [7, 11) is 0. The first-order valence-electron chi connectivity index (χ1n) is 5.93. The van der Waals surface area contributed by atoms with Crippen molar-refractivity contribution < 1.29 is 14.3 Å². The van der Waals surface area contributed by atoms with E-state index in [1.807, 2.05) is 0 Å². The summed E-state index contributed by atoms with van der Waals surface area (Å²) in [6.07, 6.45) is 0.381. The average molecular weight is 299 g/mol. The van der Waals surface area contributed by atoms with E-state index in [4.69, 9.17) is 16.7 Å². The highest BCUT2D eigenvalue weighted by Gasteiger charge is 2.16.